The van der Waals surface area contributed by atoms with Gasteiger partial charge in [0.1, 0.15) is 0 Å². The number of carbonyl (C=O) groups is 2. The zero-order valence-electron chi connectivity index (χ0n) is 15.3. The SMILES string of the molecule is CCNC(=O)c1cccc(NC(=O)CSc2nnc(Cc3ccccc3)o2)c1. The van der Waals surface area contributed by atoms with Crippen LogP contribution in [0.2, 0.25) is 0 Å². The van der Waals surface area contributed by atoms with Gasteiger partial charge in [0.15, 0.2) is 0 Å². The zero-order valence-corrected chi connectivity index (χ0v) is 16.2. The molecule has 0 spiro atoms. The van der Waals surface area contributed by atoms with Gasteiger partial charge in [0.25, 0.3) is 11.1 Å². The van der Waals surface area contributed by atoms with Crippen LogP contribution in [0.1, 0.15) is 28.7 Å². The Bertz CT molecular complexity index is 943. The summed E-state index contributed by atoms with van der Waals surface area (Å²) in [4.78, 5) is 24.0. The molecule has 0 atom stereocenters. The largest absolute Gasteiger partial charge is 0.416 e. The van der Waals surface area contributed by atoms with Crippen molar-refractivity contribution in [1.29, 1.82) is 0 Å². The van der Waals surface area contributed by atoms with Crippen molar-refractivity contribution < 1.29 is 14.0 Å². The first kappa shape index (κ1) is 19.6. The molecule has 0 saturated heterocycles. The van der Waals surface area contributed by atoms with E-state index in [0.717, 1.165) is 5.56 Å². The molecule has 1 aromatic heterocycles. The number of nitrogens with one attached hydrogen (secondary N) is 2. The van der Waals surface area contributed by atoms with E-state index in [1.807, 2.05) is 37.3 Å². The lowest BCUT2D eigenvalue weighted by Gasteiger charge is -2.07. The summed E-state index contributed by atoms with van der Waals surface area (Å²) in [5, 5.41) is 13.8. The highest BCUT2D eigenvalue weighted by atomic mass is 32.2. The van der Waals surface area contributed by atoms with Crippen molar-refractivity contribution in [1.82, 2.24) is 15.5 Å². The zero-order chi connectivity index (χ0) is 19.8. The summed E-state index contributed by atoms with van der Waals surface area (Å²) < 4.78 is 5.57. The second kappa shape index (κ2) is 9.70. The lowest BCUT2D eigenvalue weighted by molar-refractivity contribution is -0.113. The van der Waals surface area contributed by atoms with Crippen LogP contribution in [0.5, 0.6) is 0 Å². The number of carbonyl (C=O) groups excluding carboxylic acids is 2. The van der Waals surface area contributed by atoms with Gasteiger partial charge < -0.3 is 15.1 Å². The molecule has 144 valence electrons. The molecule has 0 aliphatic carbocycles. The number of hydrogen-bond donors (Lipinski definition) is 2. The van der Waals surface area contributed by atoms with Crippen molar-refractivity contribution in [3.63, 3.8) is 0 Å². The van der Waals surface area contributed by atoms with Gasteiger partial charge in [-0.1, -0.05) is 48.2 Å². The Balaban J connectivity index is 1.51. The van der Waals surface area contributed by atoms with E-state index in [4.69, 9.17) is 4.42 Å². The highest BCUT2D eigenvalue weighted by Crippen LogP contribution is 2.18. The summed E-state index contributed by atoms with van der Waals surface area (Å²) in [6, 6.07) is 16.6. The number of aromatic nitrogens is 2. The minimum Gasteiger partial charge on any atom is -0.416 e. The van der Waals surface area contributed by atoms with Crippen LogP contribution in [-0.2, 0) is 11.2 Å². The van der Waals surface area contributed by atoms with Crippen LogP contribution in [0.15, 0.2) is 64.2 Å². The van der Waals surface area contributed by atoms with Crippen LogP contribution >= 0.6 is 11.8 Å². The third kappa shape index (κ3) is 5.68. The third-order valence-corrected chi connectivity index (χ3v) is 4.54. The number of nitrogens with zero attached hydrogens (tertiary/aromatic N) is 2. The quantitative estimate of drug-likeness (QED) is 0.568. The van der Waals surface area contributed by atoms with Gasteiger partial charge in [-0.25, -0.2) is 0 Å². The van der Waals surface area contributed by atoms with E-state index in [0.29, 0.717) is 35.3 Å². The van der Waals surface area contributed by atoms with Crippen molar-refractivity contribution in [2.24, 2.45) is 0 Å². The van der Waals surface area contributed by atoms with Crippen LogP contribution < -0.4 is 10.6 Å². The molecule has 28 heavy (non-hydrogen) atoms. The number of thioether (sulfide) groups is 1. The molecule has 3 aromatic rings. The Labute approximate surface area is 166 Å². The summed E-state index contributed by atoms with van der Waals surface area (Å²) in [6.07, 6.45) is 0.549. The van der Waals surface area contributed by atoms with E-state index in [9.17, 15) is 9.59 Å². The standard InChI is InChI=1S/C20H20N4O3S/c1-2-21-19(26)15-9-6-10-16(12-15)22-17(25)13-28-20-24-23-18(27-20)11-14-7-4-3-5-8-14/h3-10,12H,2,11,13H2,1H3,(H,21,26)(H,22,25). The van der Waals surface area contributed by atoms with Gasteiger partial charge in [0, 0.05) is 17.8 Å². The molecule has 0 aliphatic rings. The summed E-state index contributed by atoms with van der Waals surface area (Å²) >= 11 is 1.17. The van der Waals surface area contributed by atoms with Gasteiger partial charge in [-0.2, -0.15) is 0 Å². The molecule has 2 aromatic carbocycles. The normalized spacial score (nSPS) is 10.5. The first-order chi connectivity index (χ1) is 13.6. The molecule has 3 rings (SSSR count). The van der Waals surface area contributed by atoms with Crippen molar-refractivity contribution in [3.05, 3.63) is 71.6 Å². The van der Waals surface area contributed by atoms with Crippen LogP contribution in [0, 0.1) is 0 Å². The number of rotatable bonds is 8. The fourth-order valence-electron chi connectivity index (χ4n) is 2.46. The average Bonchev–Trinajstić information content (AvgIpc) is 3.15. The number of amides is 2. The molecule has 0 aliphatic heterocycles. The van der Waals surface area contributed by atoms with Crippen LogP contribution in [0.4, 0.5) is 5.69 Å². The van der Waals surface area contributed by atoms with E-state index in [1.54, 1.807) is 24.3 Å². The second-order valence-electron chi connectivity index (χ2n) is 5.90. The second-order valence-corrected chi connectivity index (χ2v) is 6.83. The maximum Gasteiger partial charge on any atom is 0.277 e. The van der Waals surface area contributed by atoms with E-state index in [-0.39, 0.29) is 17.6 Å². The lowest BCUT2D eigenvalue weighted by atomic mass is 10.2. The molecule has 8 heteroatoms. The fourth-order valence-corrected chi connectivity index (χ4v) is 3.04. The van der Waals surface area contributed by atoms with E-state index >= 15 is 0 Å². The highest BCUT2D eigenvalue weighted by Gasteiger charge is 2.11. The predicted octanol–water partition coefficient (Wildman–Crippen LogP) is 3.14. The molecule has 7 nitrogen and oxygen atoms in total. The van der Waals surface area contributed by atoms with Crippen molar-refractivity contribution in [3.8, 4) is 0 Å². The maximum absolute atomic E-state index is 12.2. The molecule has 2 N–H and O–H groups in total. The van der Waals surface area contributed by atoms with Gasteiger partial charge in [-0.05, 0) is 30.7 Å². The van der Waals surface area contributed by atoms with Crippen LogP contribution in [0.3, 0.4) is 0 Å². The van der Waals surface area contributed by atoms with Gasteiger partial charge in [0.05, 0.1) is 12.2 Å². The van der Waals surface area contributed by atoms with Crippen molar-refractivity contribution in [2.45, 2.75) is 18.6 Å². The molecular weight excluding hydrogens is 376 g/mol. The number of anilines is 1. The van der Waals surface area contributed by atoms with Gasteiger partial charge in [-0.15, -0.1) is 10.2 Å². The summed E-state index contributed by atoms with van der Waals surface area (Å²) in [5.74, 6) is 0.229. The summed E-state index contributed by atoms with van der Waals surface area (Å²) in [7, 11) is 0. The molecule has 0 unspecified atom stereocenters. The van der Waals surface area contributed by atoms with Crippen LogP contribution in [-0.4, -0.2) is 34.3 Å². The van der Waals surface area contributed by atoms with Gasteiger partial charge in [0.2, 0.25) is 11.8 Å². The van der Waals surface area contributed by atoms with Gasteiger partial charge in [-0.3, -0.25) is 9.59 Å². The van der Waals surface area contributed by atoms with Crippen molar-refractivity contribution >= 4 is 29.3 Å². The minimum absolute atomic E-state index is 0.123. The molecule has 0 saturated carbocycles. The molecule has 1 heterocycles. The Morgan fingerprint density at radius 3 is 2.68 bits per heavy atom. The highest BCUT2D eigenvalue weighted by molar-refractivity contribution is 7.99. The predicted molar refractivity (Wildman–Crippen MR) is 107 cm³/mol. The molecule has 2 amide bonds. The Morgan fingerprint density at radius 2 is 1.89 bits per heavy atom. The Morgan fingerprint density at radius 1 is 1.07 bits per heavy atom. The average molecular weight is 396 g/mol. The summed E-state index contributed by atoms with van der Waals surface area (Å²) in [5.41, 5.74) is 2.13. The molecule has 0 radical (unpaired) electrons. The number of hydrogen-bond acceptors (Lipinski definition) is 6. The Kier molecular flexibility index (Phi) is 6.80. The van der Waals surface area contributed by atoms with Crippen LogP contribution in [0.25, 0.3) is 0 Å². The monoisotopic (exact) mass is 396 g/mol. The first-order valence-corrected chi connectivity index (χ1v) is 9.80. The van der Waals surface area contributed by atoms with Crippen molar-refractivity contribution in [2.75, 3.05) is 17.6 Å². The molecule has 0 fully saturated rings. The molecular formula is C20H20N4O3S. The van der Waals surface area contributed by atoms with Gasteiger partial charge >= 0.3 is 0 Å². The lowest BCUT2D eigenvalue weighted by Crippen LogP contribution is -2.23. The summed E-state index contributed by atoms with van der Waals surface area (Å²) in [6.45, 7) is 2.39. The minimum atomic E-state index is -0.221. The topological polar surface area (TPSA) is 97.1 Å². The Hall–Kier alpha value is -3.13. The third-order valence-electron chi connectivity index (χ3n) is 3.72. The molecule has 0 bridgehead atoms. The smallest absolute Gasteiger partial charge is 0.277 e. The van der Waals surface area contributed by atoms with E-state index < -0.39 is 0 Å². The fraction of sp³-hybridized carbons (Fsp3) is 0.200. The maximum atomic E-state index is 12.2. The number of benzene rings is 2. The first-order valence-electron chi connectivity index (χ1n) is 8.81. The van der Waals surface area contributed by atoms with E-state index in [1.165, 1.54) is 11.8 Å². The van der Waals surface area contributed by atoms with E-state index in [2.05, 4.69) is 20.8 Å².